The third-order valence-corrected chi connectivity index (χ3v) is 6.77. The molecule has 7 heteroatoms. The van der Waals surface area contributed by atoms with Gasteiger partial charge in [0.1, 0.15) is 0 Å². The zero-order valence-electron chi connectivity index (χ0n) is 19.2. The van der Waals surface area contributed by atoms with Crippen LogP contribution in [-0.2, 0) is 20.1 Å². The van der Waals surface area contributed by atoms with Crippen LogP contribution < -0.4 is 16.1 Å². The lowest BCUT2D eigenvalue weighted by Crippen LogP contribution is -2.40. The van der Waals surface area contributed by atoms with Gasteiger partial charge < -0.3 is 9.47 Å². The maximum absolute atomic E-state index is 13.7. The highest BCUT2D eigenvalue weighted by Gasteiger charge is 2.27. The van der Waals surface area contributed by atoms with Gasteiger partial charge in [-0.15, -0.1) is 0 Å². The molecule has 5 aromatic rings. The van der Waals surface area contributed by atoms with E-state index in [1.165, 1.54) is 14.7 Å². The van der Waals surface area contributed by atoms with Gasteiger partial charge in [0.15, 0.2) is 11.2 Å². The molecule has 0 amide bonds. The summed E-state index contributed by atoms with van der Waals surface area (Å²) in [5.74, 6) is 0.708. The number of benzene rings is 3. The lowest BCUT2D eigenvalue weighted by molar-refractivity contribution is 0.597. The Kier molecular flexibility index (Phi) is 4.65. The van der Waals surface area contributed by atoms with E-state index in [9.17, 15) is 9.59 Å². The highest BCUT2D eigenvalue weighted by atomic mass is 16.2. The van der Waals surface area contributed by atoms with Crippen LogP contribution in [0, 0.1) is 6.92 Å². The largest absolute Gasteiger partial charge is 0.332 e. The summed E-state index contributed by atoms with van der Waals surface area (Å²) in [5.41, 5.74) is 3.41. The SMILES string of the molecule is Cc1ccc(N2CCCn3c2nc2c3c(=O)n(Cc3cccc4ccccc34)c(=O)n2C)cc1. The number of rotatable bonds is 3. The Morgan fingerprint density at radius 3 is 2.50 bits per heavy atom. The number of imidazole rings is 1. The third-order valence-electron chi connectivity index (χ3n) is 6.77. The first-order chi connectivity index (χ1) is 16.5. The molecule has 3 heterocycles. The van der Waals surface area contributed by atoms with Gasteiger partial charge in [0, 0.05) is 25.8 Å². The van der Waals surface area contributed by atoms with Gasteiger partial charge in [-0.1, -0.05) is 60.2 Å². The average molecular weight is 452 g/mol. The number of fused-ring (bicyclic) bond motifs is 4. The van der Waals surface area contributed by atoms with Crippen LogP contribution in [0.2, 0.25) is 0 Å². The van der Waals surface area contributed by atoms with E-state index >= 15 is 0 Å². The van der Waals surface area contributed by atoms with Crippen molar-refractivity contribution in [1.82, 2.24) is 18.7 Å². The molecule has 7 nitrogen and oxygen atoms in total. The van der Waals surface area contributed by atoms with E-state index in [-0.39, 0.29) is 17.8 Å². The van der Waals surface area contributed by atoms with Crippen LogP contribution in [0.25, 0.3) is 21.9 Å². The van der Waals surface area contributed by atoms with Crippen molar-refractivity contribution in [2.24, 2.45) is 7.05 Å². The summed E-state index contributed by atoms with van der Waals surface area (Å²) in [5, 5.41) is 2.13. The summed E-state index contributed by atoms with van der Waals surface area (Å²) < 4.78 is 4.81. The molecule has 3 aromatic carbocycles. The molecule has 6 rings (SSSR count). The average Bonchev–Trinajstić information content (AvgIpc) is 3.26. The predicted molar refractivity (Wildman–Crippen MR) is 135 cm³/mol. The summed E-state index contributed by atoms with van der Waals surface area (Å²) in [4.78, 5) is 34.0. The van der Waals surface area contributed by atoms with Crippen LogP contribution in [0.15, 0.2) is 76.3 Å². The molecule has 0 bridgehead atoms. The van der Waals surface area contributed by atoms with Crippen molar-refractivity contribution in [3.05, 3.63) is 98.7 Å². The summed E-state index contributed by atoms with van der Waals surface area (Å²) in [6, 6.07) is 22.3. The second-order valence-corrected chi connectivity index (χ2v) is 8.95. The van der Waals surface area contributed by atoms with Crippen molar-refractivity contribution in [2.75, 3.05) is 11.4 Å². The Morgan fingerprint density at radius 1 is 0.912 bits per heavy atom. The highest BCUT2D eigenvalue weighted by Crippen LogP contribution is 2.31. The number of anilines is 2. The molecule has 170 valence electrons. The van der Waals surface area contributed by atoms with Crippen LogP contribution in [-0.4, -0.2) is 25.2 Å². The molecule has 0 N–H and O–H groups in total. The molecular weight excluding hydrogens is 426 g/mol. The van der Waals surface area contributed by atoms with Crippen LogP contribution in [0.4, 0.5) is 11.6 Å². The summed E-state index contributed by atoms with van der Waals surface area (Å²) in [6.07, 6.45) is 0.887. The first-order valence-electron chi connectivity index (χ1n) is 11.5. The minimum Gasteiger partial charge on any atom is -0.312 e. The Balaban J connectivity index is 1.54. The number of hydrogen-bond acceptors (Lipinski definition) is 4. The molecule has 0 saturated carbocycles. The monoisotopic (exact) mass is 451 g/mol. The van der Waals surface area contributed by atoms with E-state index in [1.807, 2.05) is 47.0 Å². The first-order valence-corrected chi connectivity index (χ1v) is 11.5. The number of hydrogen-bond donors (Lipinski definition) is 0. The van der Waals surface area contributed by atoms with Crippen LogP contribution >= 0.6 is 0 Å². The molecule has 0 radical (unpaired) electrons. The number of nitrogens with zero attached hydrogens (tertiary/aromatic N) is 5. The van der Waals surface area contributed by atoms with Crippen LogP contribution in [0.3, 0.4) is 0 Å². The maximum Gasteiger partial charge on any atom is 0.332 e. The van der Waals surface area contributed by atoms with Gasteiger partial charge in [-0.2, -0.15) is 4.98 Å². The highest BCUT2D eigenvalue weighted by molar-refractivity contribution is 5.85. The fourth-order valence-electron chi connectivity index (χ4n) is 4.97. The van der Waals surface area contributed by atoms with Crippen molar-refractivity contribution in [1.29, 1.82) is 0 Å². The quantitative estimate of drug-likeness (QED) is 0.417. The fourth-order valence-corrected chi connectivity index (χ4v) is 4.97. The van der Waals surface area contributed by atoms with Crippen molar-refractivity contribution in [2.45, 2.75) is 26.4 Å². The van der Waals surface area contributed by atoms with E-state index in [1.54, 1.807) is 7.05 Å². The summed E-state index contributed by atoms with van der Waals surface area (Å²) in [6.45, 7) is 3.77. The van der Waals surface area contributed by atoms with Gasteiger partial charge in [-0.25, -0.2) is 4.79 Å². The predicted octanol–water partition coefficient (Wildman–Crippen LogP) is 3.95. The second kappa shape index (κ2) is 7.73. The molecular formula is C27H25N5O2. The standard InChI is InChI=1S/C27H25N5O2/c1-18-11-13-21(14-12-18)30-15-6-16-31-23-24(28-26(30)31)29(2)27(34)32(25(23)33)17-20-9-5-8-19-7-3-4-10-22(19)20/h3-5,7-14H,6,15-17H2,1-2H3. The molecule has 0 unspecified atom stereocenters. The van der Waals surface area contributed by atoms with Gasteiger partial charge in [0.25, 0.3) is 5.56 Å². The normalized spacial score (nSPS) is 13.5. The lowest BCUT2D eigenvalue weighted by Gasteiger charge is -2.29. The lowest BCUT2D eigenvalue weighted by atomic mass is 10.0. The van der Waals surface area contributed by atoms with E-state index in [0.29, 0.717) is 23.7 Å². The minimum absolute atomic E-state index is 0.213. The van der Waals surface area contributed by atoms with Crippen molar-refractivity contribution < 1.29 is 0 Å². The van der Waals surface area contributed by atoms with Gasteiger partial charge >= 0.3 is 5.69 Å². The second-order valence-electron chi connectivity index (χ2n) is 8.95. The molecule has 1 aliphatic heterocycles. The smallest absolute Gasteiger partial charge is 0.312 e. The summed E-state index contributed by atoms with van der Waals surface area (Å²) >= 11 is 0. The Bertz CT molecular complexity index is 1670. The number of aryl methyl sites for hydroxylation is 3. The summed E-state index contributed by atoms with van der Waals surface area (Å²) in [7, 11) is 1.69. The first kappa shape index (κ1) is 20.5. The fraction of sp³-hybridized carbons (Fsp3) is 0.222. The van der Waals surface area contributed by atoms with Crippen molar-refractivity contribution >= 4 is 33.6 Å². The molecule has 0 fully saturated rings. The van der Waals surface area contributed by atoms with Gasteiger partial charge in [-0.05, 0) is 41.8 Å². The van der Waals surface area contributed by atoms with Gasteiger partial charge in [-0.3, -0.25) is 13.9 Å². The van der Waals surface area contributed by atoms with Crippen molar-refractivity contribution in [3.8, 4) is 0 Å². The molecule has 34 heavy (non-hydrogen) atoms. The third kappa shape index (κ3) is 3.08. The van der Waals surface area contributed by atoms with E-state index < -0.39 is 0 Å². The minimum atomic E-state index is -0.359. The molecule has 0 atom stereocenters. The Morgan fingerprint density at radius 2 is 1.68 bits per heavy atom. The zero-order chi connectivity index (χ0) is 23.4. The van der Waals surface area contributed by atoms with Gasteiger partial charge in [0.2, 0.25) is 5.95 Å². The van der Waals surface area contributed by atoms with E-state index in [2.05, 4.69) is 36.1 Å². The number of aromatic nitrogens is 4. The molecule has 0 aliphatic carbocycles. The molecule has 0 spiro atoms. The maximum atomic E-state index is 13.7. The van der Waals surface area contributed by atoms with E-state index in [0.717, 1.165) is 35.0 Å². The van der Waals surface area contributed by atoms with Gasteiger partial charge in [0.05, 0.1) is 6.54 Å². The van der Waals surface area contributed by atoms with E-state index in [4.69, 9.17) is 4.98 Å². The van der Waals surface area contributed by atoms with Crippen LogP contribution in [0.1, 0.15) is 17.5 Å². The topological polar surface area (TPSA) is 65.1 Å². The zero-order valence-corrected chi connectivity index (χ0v) is 19.2. The molecule has 1 aliphatic rings. The Hall–Kier alpha value is -4.13. The Labute approximate surface area is 196 Å². The molecule has 0 saturated heterocycles. The molecule has 2 aromatic heterocycles. The van der Waals surface area contributed by atoms with Crippen LogP contribution in [0.5, 0.6) is 0 Å². The van der Waals surface area contributed by atoms with Crippen molar-refractivity contribution in [3.63, 3.8) is 0 Å².